The summed E-state index contributed by atoms with van der Waals surface area (Å²) in [7, 11) is -3.28. The van der Waals surface area contributed by atoms with Gasteiger partial charge in [-0.25, -0.2) is 17.5 Å². The van der Waals surface area contributed by atoms with E-state index in [4.69, 9.17) is 0 Å². The van der Waals surface area contributed by atoms with Crippen molar-refractivity contribution >= 4 is 10.0 Å². The molecule has 0 aliphatic carbocycles. The van der Waals surface area contributed by atoms with Crippen molar-refractivity contribution in [3.05, 3.63) is 35.6 Å². The Balaban J connectivity index is 1.80. The van der Waals surface area contributed by atoms with Crippen LogP contribution in [0.25, 0.3) is 0 Å². The first-order valence-electron chi connectivity index (χ1n) is 6.00. The van der Waals surface area contributed by atoms with E-state index in [-0.39, 0.29) is 18.1 Å². The number of rotatable bonds is 6. The maximum absolute atomic E-state index is 12.9. The summed E-state index contributed by atoms with van der Waals surface area (Å²) >= 11 is 0. The highest BCUT2D eigenvalue weighted by Crippen LogP contribution is 2.08. The highest BCUT2D eigenvalue weighted by Gasteiger charge is 2.19. The Bertz CT molecular complexity index is 501. The zero-order valence-electron chi connectivity index (χ0n) is 10.0. The Labute approximate surface area is 107 Å². The van der Waals surface area contributed by atoms with Crippen molar-refractivity contribution in [3.63, 3.8) is 0 Å². The van der Waals surface area contributed by atoms with Crippen LogP contribution in [0.1, 0.15) is 18.4 Å². The quantitative estimate of drug-likeness (QED) is 0.812. The summed E-state index contributed by atoms with van der Waals surface area (Å²) < 4.78 is 38.8. The van der Waals surface area contributed by atoms with Crippen LogP contribution in [0.4, 0.5) is 4.39 Å². The van der Waals surface area contributed by atoms with Gasteiger partial charge in [0.25, 0.3) is 0 Å². The second-order valence-corrected chi connectivity index (χ2v) is 6.42. The fourth-order valence-corrected chi connectivity index (χ4v) is 2.93. The van der Waals surface area contributed by atoms with Crippen molar-refractivity contribution in [2.24, 2.45) is 0 Å². The molecule has 4 nitrogen and oxygen atoms in total. The van der Waals surface area contributed by atoms with E-state index in [0.717, 1.165) is 13.0 Å². The van der Waals surface area contributed by atoms with Crippen LogP contribution < -0.4 is 10.0 Å². The number of hydrogen-bond acceptors (Lipinski definition) is 3. The first-order valence-corrected chi connectivity index (χ1v) is 7.65. The van der Waals surface area contributed by atoms with Gasteiger partial charge in [-0.1, -0.05) is 12.1 Å². The molecule has 1 aliphatic rings. The Morgan fingerprint density at radius 1 is 1.44 bits per heavy atom. The zero-order valence-corrected chi connectivity index (χ0v) is 10.8. The highest BCUT2D eigenvalue weighted by atomic mass is 32.2. The lowest BCUT2D eigenvalue weighted by molar-refractivity contribution is 0.361. The molecule has 0 bridgehead atoms. The van der Waals surface area contributed by atoms with Gasteiger partial charge in [-0.15, -0.1) is 0 Å². The van der Waals surface area contributed by atoms with Crippen molar-refractivity contribution in [3.8, 4) is 0 Å². The van der Waals surface area contributed by atoms with Crippen LogP contribution in [-0.2, 0) is 16.6 Å². The Kier molecular flexibility index (Phi) is 4.31. The van der Waals surface area contributed by atoms with Gasteiger partial charge in [0.2, 0.25) is 10.0 Å². The van der Waals surface area contributed by atoms with Gasteiger partial charge in [0.15, 0.2) is 0 Å². The van der Waals surface area contributed by atoms with Crippen LogP contribution in [-0.4, -0.2) is 26.8 Å². The maximum Gasteiger partial charge on any atom is 0.211 e. The lowest BCUT2D eigenvalue weighted by Crippen LogP contribution is -2.44. The normalized spacial score (nSPS) is 19.5. The van der Waals surface area contributed by atoms with Crippen molar-refractivity contribution in [1.29, 1.82) is 0 Å². The molecule has 100 valence electrons. The Morgan fingerprint density at radius 3 is 2.83 bits per heavy atom. The first kappa shape index (κ1) is 13.5. The molecule has 1 atom stereocenters. The van der Waals surface area contributed by atoms with Gasteiger partial charge in [0.05, 0.1) is 5.75 Å². The van der Waals surface area contributed by atoms with Crippen LogP contribution in [0.3, 0.4) is 0 Å². The third-order valence-corrected chi connectivity index (χ3v) is 4.40. The summed E-state index contributed by atoms with van der Waals surface area (Å²) in [6.07, 6.45) is 1.66. The van der Waals surface area contributed by atoms with E-state index in [0.29, 0.717) is 18.0 Å². The van der Waals surface area contributed by atoms with E-state index in [1.807, 2.05) is 0 Å². The van der Waals surface area contributed by atoms with Crippen LogP contribution in [0.5, 0.6) is 0 Å². The number of sulfonamides is 1. The minimum absolute atomic E-state index is 0.111. The predicted octanol–water partition coefficient (Wildman–Crippen LogP) is 0.997. The van der Waals surface area contributed by atoms with Gasteiger partial charge >= 0.3 is 0 Å². The minimum Gasteiger partial charge on any atom is -0.314 e. The third kappa shape index (κ3) is 4.04. The maximum atomic E-state index is 12.9. The Morgan fingerprint density at radius 2 is 2.22 bits per heavy atom. The molecule has 0 spiro atoms. The Hall–Kier alpha value is -0.980. The van der Waals surface area contributed by atoms with Crippen molar-refractivity contribution < 1.29 is 12.8 Å². The standard InChI is InChI=1S/C12H17FN2O2S/c13-11-3-1-2-10(8-11)9-15-18(16,17)7-5-12-4-6-14-12/h1-3,8,12,14-15H,4-7,9H2. The van der Waals surface area contributed by atoms with E-state index in [2.05, 4.69) is 10.0 Å². The fourth-order valence-electron chi connectivity index (χ4n) is 1.80. The van der Waals surface area contributed by atoms with Crippen molar-refractivity contribution in [1.82, 2.24) is 10.0 Å². The number of halogens is 1. The summed E-state index contributed by atoms with van der Waals surface area (Å²) in [5.74, 6) is -0.245. The van der Waals surface area contributed by atoms with E-state index in [1.54, 1.807) is 12.1 Å². The number of benzene rings is 1. The summed E-state index contributed by atoms with van der Waals surface area (Å²) in [4.78, 5) is 0. The largest absolute Gasteiger partial charge is 0.314 e. The molecule has 0 radical (unpaired) electrons. The molecule has 18 heavy (non-hydrogen) atoms. The molecule has 1 heterocycles. The smallest absolute Gasteiger partial charge is 0.211 e. The topological polar surface area (TPSA) is 58.2 Å². The summed E-state index contributed by atoms with van der Waals surface area (Å²) in [5.41, 5.74) is 0.625. The van der Waals surface area contributed by atoms with Gasteiger partial charge in [0.1, 0.15) is 5.82 Å². The van der Waals surface area contributed by atoms with Crippen LogP contribution in [0.15, 0.2) is 24.3 Å². The van der Waals surface area contributed by atoms with Crippen molar-refractivity contribution in [2.75, 3.05) is 12.3 Å². The lowest BCUT2D eigenvalue weighted by Gasteiger charge is -2.27. The molecule has 6 heteroatoms. The van der Waals surface area contributed by atoms with Gasteiger partial charge in [-0.2, -0.15) is 0 Å². The molecule has 1 fully saturated rings. The monoisotopic (exact) mass is 272 g/mol. The number of hydrogen-bond donors (Lipinski definition) is 2. The predicted molar refractivity (Wildman–Crippen MR) is 68.1 cm³/mol. The van der Waals surface area contributed by atoms with Gasteiger partial charge < -0.3 is 5.32 Å². The van der Waals surface area contributed by atoms with Gasteiger partial charge in [-0.3, -0.25) is 0 Å². The minimum atomic E-state index is -3.28. The molecular formula is C12H17FN2O2S. The summed E-state index contributed by atoms with van der Waals surface area (Å²) in [5, 5.41) is 3.16. The van der Waals surface area contributed by atoms with E-state index < -0.39 is 10.0 Å². The second-order valence-electron chi connectivity index (χ2n) is 4.50. The molecule has 1 aromatic rings. The SMILES string of the molecule is O=S(=O)(CCC1CCN1)NCc1cccc(F)c1. The van der Waals surface area contributed by atoms with E-state index in [1.165, 1.54) is 12.1 Å². The fraction of sp³-hybridized carbons (Fsp3) is 0.500. The van der Waals surface area contributed by atoms with Crippen molar-refractivity contribution in [2.45, 2.75) is 25.4 Å². The van der Waals surface area contributed by atoms with Crippen LogP contribution in [0.2, 0.25) is 0 Å². The first-order chi connectivity index (χ1) is 8.55. The third-order valence-electron chi connectivity index (χ3n) is 3.05. The number of nitrogens with one attached hydrogen (secondary N) is 2. The summed E-state index contributed by atoms with van der Waals surface area (Å²) in [6, 6.07) is 6.25. The molecule has 2 rings (SSSR count). The molecular weight excluding hydrogens is 255 g/mol. The van der Waals surface area contributed by atoms with Gasteiger partial charge in [0, 0.05) is 12.6 Å². The van der Waals surface area contributed by atoms with E-state index in [9.17, 15) is 12.8 Å². The summed E-state index contributed by atoms with van der Waals surface area (Å²) in [6.45, 7) is 1.11. The molecule has 0 aromatic heterocycles. The average Bonchev–Trinajstić information content (AvgIpc) is 2.24. The molecule has 1 aliphatic heterocycles. The van der Waals surface area contributed by atoms with Crippen LogP contribution in [0, 0.1) is 5.82 Å². The van der Waals surface area contributed by atoms with Crippen LogP contribution >= 0.6 is 0 Å². The molecule has 0 amide bonds. The molecule has 1 aromatic carbocycles. The van der Waals surface area contributed by atoms with E-state index >= 15 is 0 Å². The molecule has 1 unspecified atom stereocenters. The highest BCUT2D eigenvalue weighted by molar-refractivity contribution is 7.89. The molecule has 0 saturated carbocycles. The van der Waals surface area contributed by atoms with Gasteiger partial charge in [-0.05, 0) is 37.1 Å². The second kappa shape index (κ2) is 5.77. The lowest BCUT2D eigenvalue weighted by atomic mass is 10.1. The molecule has 2 N–H and O–H groups in total. The molecule has 1 saturated heterocycles. The average molecular weight is 272 g/mol. The zero-order chi connectivity index (χ0) is 13.0.